The summed E-state index contributed by atoms with van der Waals surface area (Å²) in [5.74, 6) is -0.526. The number of benzene rings is 1. The third kappa shape index (κ3) is 3.18. The number of imidazole rings is 1. The summed E-state index contributed by atoms with van der Waals surface area (Å²) < 4.78 is 24.7. The van der Waals surface area contributed by atoms with Crippen molar-refractivity contribution in [3.63, 3.8) is 0 Å². The molecule has 1 amide bonds. The van der Waals surface area contributed by atoms with E-state index in [4.69, 9.17) is 0 Å². The monoisotopic (exact) mass is 357 g/mol. The highest BCUT2D eigenvalue weighted by molar-refractivity contribution is 7.94. The first-order valence-corrected chi connectivity index (χ1v) is 9.38. The van der Waals surface area contributed by atoms with Crippen molar-refractivity contribution in [3.05, 3.63) is 59.5 Å². The van der Waals surface area contributed by atoms with Crippen molar-refractivity contribution in [2.45, 2.75) is 12.6 Å². The third-order valence-electron chi connectivity index (χ3n) is 3.98. The molecule has 0 bridgehead atoms. The van der Waals surface area contributed by atoms with E-state index in [2.05, 4.69) is 20.5 Å². The zero-order valence-electron chi connectivity index (χ0n) is 13.1. The first-order chi connectivity index (χ1) is 12.0. The van der Waals surface area contributed by atoms with Gasteiger partial charge in [-0.15, -0.1) is 0 Å². The molecule has 25 heavy (non-hydrogen) atoms. The van der Waals surface area contributed by atoms with Crippen molar-refractivity contribution in [1.29, 1.82) is 0 Å². The number of H-pyrrole nitrogens is 1. The average Bonchev–Trinajstić information content (AvgIpc) is 3.28. The summed E-state index contributed by atoms with van der Waals surface area (Å²) in [4.78, 5) is 16.5. The highest BCUT2D eigenvalue weighted by atomic mass is 32.2. The molecule has 2 N–H and O–H groups in total. The third-order valence-corrected chi connectivity index (χ3v) is 5.37. The lowest BCUT2D eigenvalue weighted by molar-refractivity contribution is 0.0942. The molecular weight excluding hydrogens is 342 g/mol. The van der Waals surface area contributed by atoms with Gasteiger partial charge in [0.2, 0.25) is 0 Å². The predicted molar refractivity (Wildman–Crippen MR) is 91.6 cm³/mol. The summed E-state index contributed by atoms with van der Waals surface area (Å²) in [6.45, 7) is 0.499. The Kier molecular flexibility index (Phi) is 3.65. The summed E-state index contributed by atoms with van der Waals surface area (Å²) in [6, 6.07) is 8.90. The van der Waals surface area contributed by atoms with Crippen LogP contribution in [0.5, 0.6) is 0 Å². The largest absolute Gasteiger partial charge is 0.343 e. The molecule has 0 saturated carbocycles. The molecule has 3 heterocycles. The van der Waals surface area contributed by atoms with Gasteiger partial charge in [0.05, 0.1) is 41.4 Å². The fourth-order valence-electron chi connectivity index (χ4n) is 2.79. The van der Waals surface area contributed by atoms with Gasteiger partial charge in [0.25, 0.3) is 5.91 Å². The van der Waals surface area contributed by atoms with Crippen LogP contribution in [0.25, 0.3) is 11.0 Å². The number of para-hydroxylation sites is 2. The lowest BCUT2D eigenvalue weighted by Crippen LogP contribution is -2.35. The number of carbonyl (C=O) groups excluding carboxylic acids is 1. The molecule has 1 atom stereocenters. The zero-order valence-corrected chi connectivity index (χ0v) is 13.9. The first-order valence-electron chi connectivity index (χ1n) is 7.66. The van der Waals surface area contributed by atoms with Crippen LogP contribution in [0, 0.1) is 0 Å². The van der Waals surface area contributed by atoms with Gasteiger partial charge >= 0.3 is 0 Å². The molecule has 1 aromatic carbocycles. The van der Waals surface area contributed by atoms with Crippen LogP contribution in [0.4, 0.5) is 0 Å². The number of fused-ring (bicyclic) bond motifs is 1. The second-order valence-electron chi connectivity index (χ2n) is 5.88. The number of hydrogen-bond acceptors (Lipinski definition) is 5. The lowest BCUT2D eigenvalue weighted by Gasteiger charge is -2.07. The van der Waals surface area contributed by atoms with Gasteiger partial charge in [-0.1, -0.05) is 12.1 Å². The number of aromatic nitrogens is 4. The number of carbonyl (C=O) groups is 1. The Hall–Kier alpha value is -2.94. The smallest absolute Gasteiger partial charge is 0.272 e. The molecule has 8 nitrogen and oxygen atoms in total. The van der Waals surface area contributed by atoms with Crippen molar-refractivity contribution in [1.82, 2.24) is 25.1 Å². The van der Waals surface area contributed by atoms with Crippen LogP contribution < -0.4 is 5.32 Å². The van der Waals surface area contributed by atoms with Crippen LogP contribution >= 0.6 is 0 Å². The molecule has 3 aromatic rings. The Morgan fingerprint density at radius 3 is 3.00 bits per heavy atom. The van der Waals surface area contributed by atoms with E-state index < -0.39 is 21.8 Å². The number of nitrogens with zero attached hydrogens (tertiary/aromatic N) is 3. The van der Waals surface area contributed by atoms with E-state index >= 15 is 0 Å². The lowest BCUT2D eigenvalue weighted by atomic mass is 10.3. The van der Waals surface area contributed by atoms with E-state index in [1.54, 1.807) is 12.4 Å². The zero-order chi connectivity index (χ0) is 17.4. The van der Waals surface area contributed by atoms with Crippen molar-refractivity contribution in [2.24, 2.45) is 0 Å². The van der Waals surface area contributed by atoms with E-state index in [1.165, 1.54) is 6.08 Å². The summed E-state index contributed by atoms with van der Waals surface area (Å²) in [6.07, 6.45) is 3.21. The molecular formula is C16H15N5O3S. The number of rotatable bonds is 4. The molecule has 1 aliphatic heterocycles. The molecule has 0 radical (unpaired) electrons. The number of sulfone groups is 1. The van der Waals surface area contributed by atoms with Gasteiger partial charge in [-0.2, -0.15) is 5.10 Å². The van der Waals surface area contributed by atoms with Gasteiger partial charge in [-0.05, 0) is 24.3 Å². The van der Waals surface area contributed by atoms with Gasteiger partial charge in [0, 0.05) is 5.41 Å². The topological polar surface area (TPSA) is 110 Å². The minimum atomic E-state index is -3.21. The van der Waals surface area contributed by atoms with Crippen LogP contribution in [0.1, 0.15) is 16.2 Å². The number of hydrogen-bond donors (Lipinski definition) is 2. The Morgan fingerprint density at radius 2 is 2.20 bits per heavy atom. The number of aromatic amines is 1. The summed E-state index contributed by atoms with van der Waals surface area (Å²) in [7, 11) is -3.21. The molecule has 0 fully saturated rings. The maximum atomic E-state index is 12.2. The summed E-state index contributed by atoms with van der Waals surface area (Å²) in [5, 5.41) is 10.6. The molecule has 2 aromatic heterocycles. The summed E-state index contributed by atoms with van der Waals surface area (Å²) in [5.41, 5.74) is 2.86. The minimum Gasteiger partial charge on any atom is -0.343 e. The first kappa shape index (κ1) is 15.6. The van der Waals surface area contributed by atoms with Crippen LogP contribution in [0.2, 0.25) is 0 Å². The van der Waals surface area contributed by atoms with E-state index in [-0.39, 0.29) is 11.4 Å². The number of nitrogens with one attached hydrogen (secondary N) is 2. The molecule has 128 valence electrons. The van der Waals surface area contributed by atoms with E-state index in [1.807, 2.05) is 28.8 Å². The van der Waals surface area contributed by atoms with E-state index in [9.17, 15) is 13.2 Å². The van der Waals surface area contributed by atoms with Crippen LogP contribution in [0.3, 0.4) is 0 Å². The maximum absolute atomic E-state index is 12.2. The van der Waals surface area contributed by atoms with E-state index in [0.29, 0.717) is 6.54 Å². The van der Waals surface area contributed by atoms with Crippen LogP contribution in [-0.2, 0) is 16.4 Å². The van der Waals surface area contributed by atoms with Crippen molar-refractivity contribution in [3.8, 4) is 0 Å². The molecule has 9 heteroatoms. The Balaban J connectivity index is 1.47. The number of amides is 1. The molecule has 0 aliphatic carbocycles. The molecule has 0 saturated heterocycles. The Morgan fingerprint density at radius 1 is 1.36 bits per heavy atom. The molecule has 4 rings (SSSR count). The SMILES string of the molecule is O=C(N[C@H]1C=CS(=O)(=O)C1)c1cc(Cn2cnc3ccccc32)[nH]n1. The quantitative estimate of drug-likeness (QED) is 0.719. The minimum absolute atomic E-state index is 0.114. The van der Waals surface area contributed by atoms with Crippen molar-refractivity contribution < 1.29 is 13.2 Å². The van der Waals surface area contributed by atoms with Gasteiger partial charge in [-0.25, -0.2) is 13.4 Å². The van der Waals surface area contributed by atoms with E-state index in [0.717, 1.165) is 22.1 Å². The van der Waals surface area contributed by atoms with Gasteiger partial charge < -0.3 is 9.88 Å². The highest BCUT2D eigenvalue weighted by Gasteiger charge is 2.24. The fraction of sp³-hybridized carbons (Fsp3) is 0.188. The highest BCUT2D eigenvalue weighted by Crippen LogP contribution is 2.14. The predicted octanol–water partition coefficient (Wildman–Crippen LogP) is 0.848. The average molecular weight is 357 g/mol. The second-order valence-corrected chi connectivity index (χ2v) is 7.81. The molecule has 1 aliphatic rings. The Bertz CT molecular complexity index is 1080. The molecule has 0 spiro atoms. The molecule has 0 unspecified atom stereocenters. The normalized spacial score (nSPS) is 18.6. The second kappa shape index (κ2) is 5.85. The van der Waals surface area contributed by atoms with Crippen molar-refractivity contribution >= 4 is 26.8 Å². The van der Waals surface area contributed by atoms with Crippen molar-refractivity contribution in [2.75, 3.05) is 5.75 Å². The van der Waals surface area contributed by atoms with Gasteiger partial charge in [0.15, 0.2) is 9.84 Å². The fourth-order valence-corrected chi connectivity index (χ4v) is 4.02. The van der Waals surface area contributed by atoms with Gasteiger partial charge in [0.1, 0.15) is 5.69 Å². The standard InChI is InChI=1S/C16H15N5O3S/c22-16(18-11-5-6-25(23,24)9-11)14-7-12(19-20-14)8-21-10-17-13-3-1-2-4-15(13)21/h1-7,10-11H,8-9H2,(H,18,22)(H,19,20)/t11-/m0/s1. The summed E-state index contributed by atoms with van der Waals surface area (Å²) >= 11 is 0. The van der Waals surface area contributed by atoms with Gasteiger partial charge in [-0.3, -0.25) is 9.89 Å². The van der Waals surface area contributed by atoms with Crippen LogP contribution in [0.15, 0.2) is 48.1 Å². The maximum Gasteiger partial charge on any atom is 0.272 e. The van der Waals surface area contributed by atoms with Crippen LogP contribution in [-0.4, -0.2) is 45.9 Å². The Labute approximate surface area is 143 Å².